The monoisotopic (exact) mass is 460 g/mol. The van der Waals surface area contributed by atoms with E-state index in [9.17, 15) is 4.79 Å². The molecule has 0 spiro atoms. The Morgan fingerprint density at radius 3 is 1.45 bits per heavy atom. The molecule has 0 fully saturated rings. The van der Waals surface area contributed by atoms with Crippen molar-refractivity contribution >= 4 is 34.6 Å². The van der Waals surface area contributed by atoms with E-state index >= 15 is 0 Å². The van der Waals surface area contributed by atoms with Gasteiger partial charge in [-0.05, 0) is 42.1 Å². The third-order valence-electron chi connectivity index (χ3n) is 6.05. The minimum absolute atomic E-state index is 0.174. The number of rotatable bonds is 13. The van der Waals surface area contributed by atoms with Crippen molar-refractivity contribution in [3.63, 3.8) is 0 Å². The quantitative estimate of drug-likeness (QED) is 0.166. The molecule has 2 nitrogen and oxygen atoms in total. The molecule has 0 heterocycles. The molecule has 0 saturated carbocycles. The van der Waals surface area contributed by atoms with Gasteiger partial charge in [0.2, 0.25) is 0 Å². The molecule has 33 heavy (non-hydrogen) atoms. The van der Waals surface area contributed by atoms with Gasteiger partial charge in [0.05, 0.1) is 6.61 Å². The second-order valence-electron chi connectivity index (χ2n) is 8.52. The van der Waals surface area contributed by atoms with Gasteiger partial charge in [-0.2, -0.15) is 0 Å². The number of benzene rings is 3. The first kappa shape index (κ1) is 25.1. The summed E-state index contributed by atoms with van der Waals surface area (Å²) in [6, 6.07) is 33.2. The molecule has 3 aromatic rings. The van der Waals surface area contributed by atoms with E-state index in [4.69, 9.17) is 4.74 Å². The second-order valence-corrected chi connectivity index (χ2v) is 11.9. The van der Waals surface area contributed by atoms with Gasteiger partial charge in [0, 0.05) is 6.92 Å². The van der Waals surface area contributed by atoms with Gasteiger partial charge in [-0.25, -0.2) is 0 Å². The second kappa shape index (κ2) is 13.9. The standard InChI is InChI=1S/C30H37O2P/c1-27(31)32-25-17-6-4-2-3-5-7-18-26-33(28-19-11-8-12-20-28,29-21-13-9-14-22-29)30-23-15-10-16-24-30/h8-16,19-24,26H,2-7,17-18,25H2,1H3. The van der Waals surface area contributed by atoms with Crippen molar-refractivity contribution in [1.29, 1.82) is 0 Å². The normalized spacial score (nSPS) is 11.2. The number of ether oxygens (including phenoxy) is 1. The Kier molecular flexibility index (Phi) is 10.5. The van der Waals surface area contributed by atoms with E-state index in [2.05, 4.69) is 96.8 Å². The molecule has 0 aromatic heterocycles. The van der Waals surface area contributed by atoms with Crippen LogP contribution in [0.1, 0.15) is 58.3 Å². The van der Waals surface area contributed by atoms with Crippen LogP contribution in [-0.4, -0.2) is 18.4 Å². The largest absolute Gasteiger partial charge is 0.466 e. The summed E-state index contributed by atoms with van der Waals surface area (Å²) in [6.45, 7) is 0.236. The van der Waals surface area contributed by atoms with Crippen molar-refractivity contribution in [2.75, 3.05) is 6.61 Å². The Labute approximate surface area is 200 Å². The highest BCUT2D eigenvalue weighted by atomic mass is 31.2. The van der Waals surface area contributed by atoms with Gasteiger partial charge in [-0.15, -0.1) is 0 Å². The molecule has 0 atom stereocenters. The summed E-state index contributed by atoms with van der Waals surface area (Å²) in [4.78, 5) is 10.8. The zero-order valence-electron chi connectivity index (χ0n) is 19.9. The van der Waals surface area contributed by atoms with Crippen LogP contribution < -0.4 is 15.9 Å². The Hall–Kier alpha value is -2.57. The van der Waals surface area contributed by atoms with Crippen molar-refractivity contribution in [3.05, 3.63) is 91.0 Å². The molecule has 0 unspecified atom stereocenters. The highest BCUT2D eigenvalue weighted by Gasteiger charge is 2.24. The summed E-state index contributed by atoms with van der Waals surface area (Å²) in [5.41, 5.74) is 0. The van der Waals surface area contributed by atoms with Crippen LogP contribution in [0.3, 0.4) is 0 Å². The molecule has 0 radical (unpaired) electrons. The van der Waals surface area contributed by atoms with E-state index in [-0.39, 0.29) is 5.97 Å². The van der Waals surface area contributed by atoms with E-state index in [1.54, 1.807) is 0 Å². The van der Waals surface area contributed by atoms with Gasteiger partial charge in [0.15, 0.2) is 0 Å². The highest BCUT2D eigenvalue weighted by Crippen LogP contribution is 2.44. The Morgan fingerprint density at radius 2 is 1.03 bits per heavy atom. The van der Waals surface area contributed by atoms with E-state index in [1.807, 2.05) is 0 Å². The molecule has 3 rings (SSSR count). The summed E-state index contributed by atoms with van der Waals surface area (Å²) in [5.74, 6) is 2.47. The van der Waals surface area contributed by atoms with Crippen molar-refractivity contribution in [1.82, 2.24) is 0 Å². The van der Waals surface area contributed by atoms with Gasteiger partial charge in [-0.1, -0.05) is 129 Å². The Balaban J connectivity index is 1.68. The zero-order chi connectivity index (χ0) is 23.2. The maximum Gasteiger partial charge on any atom is 0.302 e. The molecule has 0 saturated heterocycles. The van der Waals surface area contributed by atoms with E-state index < -0.39 is 6.89 Å². The topological polar surface area (TPSA) is 26.3 Å². The lowest BCUT2D eigenvalue weighted by Crippen LogP contribution is -2.26. The third-order valence-corrected chi connectivity index (χ3v) is 10.2. The minimum atomic E-state index is -1.80. The van der Waals surface area contributed by atoms with E-state index in [1.165, 1.54) is 54.9 Å². The first-order valence-electron chi connectivity index (χ1n) is 12.3. The summed E-state index contributed by atoms with van der Waals surface area (Å²) in [7, 11) is 0. The van der Waals surface area contributed by atoms with Crippen LogP contribution in [0.4, 0.5) is 0 Å². The van der Waals surface area contributed by atoms with Crippen LogP contribution in [0, 0.1) is 0 Å². The SMILES string of the molecule is CC(=O)OCCCCCCCCCC=P(c1ccccc1)(c1ccccc1)c1ccccc1. The summed E-state index contributed by atoms with van der Waals surface area (Å²) >= 11 is 0. The number of carbonyl (C=O) groups is 1. The van der Waals surface area contributed by atoms with Crippen LogP contribution in [0.15, 0.2) is 91.0 Å². The molecule has 0 amide bonds. The smallest absolute Gasteiger partial charge is 0.302 e. The van der Waals surface area contributed by atoms with Crippen LogP contribution in [0.2, 0.25) is 0 Å². The van der Waals surface area contributed by atoms with Gasteiger partial charge < -0.3 is 4.74 Å². The van der Waals surface area contributed by atoms with Gasteiger partial charge >= 0.3 is 5.97 Å². The van der Waals surface area contributed by atoms with Gasteiger partial charge in [0.1, 0.15) is 0 Å². The number of carbonyl (C=O) groups excluding carboxylic acids is 1. The molecule has 3 aromatic carbocycles. The molecular weight excluding hydrogens is 423 g/mol. The van der Waals surface area contributed by atoms with Crippen LogP contribution >= 0.6 is 6.89 Å². The van der Waals surface area contributed by atoms with Crippen LogP contribution in [0.5, 0.6) is 0 Å². The lowest BCUT2D eigenvalue weighted by Gasteiger charge is -2.29. The molecule has 0 bridgehead atoms. The Bertz CT molecular complexity index is 894. The van der Waals surface area contributed by atoms with E-state index in [0.717, 1.165) is 19.3 Å². The predicted molar refractivity (Wildman–Crippen MR) is 145 cm³/mol. The fourth-order valence-corrected chi connectivity index (χ4v) is 8.41. The maximum absolute atomic E-state index is 10.8. The summed E-state index contributed by atoms with van der Waals surface area (Å²) in [5, 5.41) is 4.28. The molecule has 0 aliphatic carbocycles. The fourth-order valence-electron chi connectivity index (χ4n) is 4.38. The Morgan fingerprint density at radius 1 is 0.636 bits per heavy atom. The lowest BCUT2D eigenvalue weighted by molar-refractivity contribution is -0.141. The van der Waals surface area contributed by atoms with Crippen molar-refractivity contribution < 1.29 is 9.53 Å². The fraction of sp³-hybridized carbons (Fsp3) is 0.333. The molecule has 174 valence electrons. The van der Waals surface area contributed by atoms with Crippen molar-refractivity contribution in [2.24, 2.45) is 0 Å². The summed E-state index contributed by atoms with van der Waals surface area (Å²) in [6.07, 6.45) is 9.49. The average molecular weight is 461 g/mol. The number of unbranched alkanes of at least 4 members (excludes halogenated alkanes) is 7. The lowest BCUT2D eigenvalue weighted by atomic mass is 10.1. The number of esters is 1. The zero-order valence-corrected chi connectivity index (χ0v) is 20.8. The minimum Gasteiger partial charge on any atom is -0.466 e. The molecule has 0 aliphatic heterocycles. The predicted octanol–water partition coefficient (Wildman–Crippen LogP) is 6.47. The van der Waals surface area contributed by atoms with E-state index in [0.29, 0.717) is 6.61 Å². The van der Waals surface area contributed by atoms with Crippen LogP contribution in [0.25, 0.3) is 0 Å². The van der Waals surface area contributed by atoms with Crippen molar-refractivity contribution in [3.8, 4) is 0 Å². The van der Waals surface area contributed by atoms with Gasteiger partial charge in [0.25, 0.3) is 0 Å². The number of hydrogen-bond acceptors (Lipinski definition) is 2. The number of hydrogen-bond donors (Lipinski definition) is 0. The van der Waals surface area contributed by atoms with Crippen molar-refractivity contribution in [2.45, 2.75) is 58.3 Å². The summed E-state index contributed by atoms with van der Waals surface area (Å²) < 4.78 is 5.00. The maximum atomic E-state index is 10.8. The average Bonchev–Trinajstić information content (AvgIpc) is 2.86. The first-order chi connectivity index (χ1) is 16.2. The molecule has 0 aliphatic rings. The molecule has 3 heteroatoms. The third kappa shape index (κ3) is 7.47. The molecular formula is C30H37O2P. The highest BCUT2D eigenvalue weighted by molar-refractivity contribution is 7.94. The van der Waals surface area contributed by atoms with Crippen LogP contribution in [-0.2, 0) is 9.53 Å². The first-order valence-corrected chi connectivity index (χ1v) is 14.1. The molecule has 0 N–H and O–H groups in total. The van der Waals surface area contributed by atoms with Gasteiger partial charge in [-0.3, -0.25) is 4.79 Å².